The number of carbonyl (C=O) groups is 1. The van der Waals surface area contributed by atoms with Gasteiger partial charge in [0.25, 0.3) is 0 Å². The van der Waals surface area contributed by atoms with Crippen LogP contribution in [0.15, 0.2) is 36.0 Å². The maximum atomic E-state index is 11.4. The monoisotopic (exact) mass is 288 g/mol. The van der Waals surface area contributed by atoms with E-state index < -0.39 is 5.97 Å². The molecule has 0 heterocycles. The summed E-state index contributed by atoms with van der Waals surface area (Å²) in [7, 11) is 0. The van der Waals surface area contributed by atoms with E-state index >= 15 is 0 Å². The summed E-state index contributed by atoms with van der Waals surface area (Å²) >= 11 is 0. The van der Waals surface area contributed by atoms with Crippen LogP contribution in [0.3, 0.4) is 0 Å². The Morgan fingerprint density at radius 1 is 1.33 bits per heavy atom. The van der Waals surface area contributed by atoms with Crippen LogP contribution < -0.4 is 10.1 Å². The fourth-order valence-electron chi connectivity index (χ4n) is 1.48. The predicted molar refractivity (Wildman–Crippen MR) is 80.8 cm³/mol. The fraction of sp³-hybridized carbons (Fsp3) is 0.375. The zero-order valence-electron chi connectivity index (χ0n) is 12.4. The van der Waals surface area contributed by atoms with E-state index in [-0.39, 0.29) is 12.2 Å². The summed E-state index contributed by atoms with van der Waals surface area (Å²) in [5.74, 6) is 0.163. The maximum absolute atomic E-state index is 11.4. The van der Waals surface area contributed by atoms with E-state index in [2.05, 4.69) is 12.2 Å². The van der Waals surface area contributed by atoms with Crippen LogP contribution in [-0.2, 0) is 9.53 Å². The van der Waals surface area contributed by atoms with E-state index in [9.17, 15) is 4.79 Å². The summed E-state index contributed by atoms with van der Waals surface area (Å²) in [4.78, 5) is 11.4. The van der Waals surface area contributed by atoms with Crippen LogP contribution in [-0.4, -0.2) is 19.2 Å². The van der Waals surface area contributed by atoms with Crippen molar-refractivity contribution in [2.75, 3.05) is 18.5 Å². The number of esters is 1. The van der Waals surface area contributed by atoms with Gasteiger partial charge in [-0.15, -0.1) is 0 Å². The molecule has 0 spiro atoms. The van der Waals surface area contributed by atoms with Gasteiger partial charge in [-0.1, -0.05) is 13.3 Å². The second-order valence-electron chi connectivity index (χ2n) is 4.26. The molecule has 0 amide bonds. The molecule has 112 valence electrons. The number of anilines is 1. The van der Waals surface area contributed by atoms with Gasteiger partial charge >= 0.3 is 5.97 Å². The van der Waals surface area contributed by atoms with Gasteiger partial charge in [0.15, 0.2) is 5.57 Å². The summed E-state index contributed by atoms with van der Waals surface area (Å²) in [5, 5.41) is 11.8. The van der Waals surface area contributed by atoms with Crippen molar-refractivity contribution in [2.45, 2.75) is 26.7 Å². The van der Waals surface area contributed by atoms with Crippen molar-refractivity contribution < 1.29 is 14.3 Å². The number of nitrogens with one attached hydrogen (secondary N) is 1. The van der Waals surface area contributed by atoms with Gasteiger partial charge in [0.1, 0.15) is 11.8 Å². The van der Waals surface area contributed by atoms with Crippen LogP contribution in [0.25, 0.3) is 0 Å². The number of hydrogen-bond acceptors (Lipinski definition) is 5. The third kappa shape index (κ3) is 6.00. The van der Waals surface area contributed by atoms with Gasteiger partial charge in [-0.2, -0.15) is 5.26 Å². The van der Waals surface area contributed by atoms with Gasteiger partial charge in [0.05, 0.1) is 13.2 Å². The Balaban J connectivity index is 2.58. The van der Waals surface area contributed by atoms with Gasteiger partial charge in [-0.3, -0.25) is 0 Å². The summed E-state index contributed by atoms with van der Waals surface area (Å²) in [6.07, 6.45) is 3.45. The number of benzene rings is 1. The molecule has 1 aromatic rings. The summed E-state index contributed by atoms with van der Waals surface area (Å²) in [6, 6.07) is 9.11. The largest absolute Gasteiger partial charge is 0.494 e. The first kappa shape index (κ1) is 16.6. The molecule has 0 aromatic heterocycles. The quantitative estimate of drug-likeness (QED) is 0.344. The highest BCUT2D eigenvalue weighted by molar-refractivity contribution is 5.93. The van der Waals surface area contributed by atoms with Crippen molar-refractivity contribution >= 4 is 11.7 Å². The molecular formula is C16H20N2O3. The van der Waals surface area contributed by atoms with Crippen LogP contribution >= 0.6 is 0 Å². The van der Waals surface area contributed by atoms with Crippen molar-refractivity contribution in [2.24, 2.45) is 0 Å². The molecule has 1 N–H and O–H groups in total. The number of unbranched alkanes of at least 4 members (excludes halogenated alkanes) is 1. The summed E-state index contributed by atoms with van der Waals surface area (Å²) in [5.41, 5.74) is 0.690. The number of hydrogen-bond donors (Lipinski definition) is 1. The van der Waals surface area contributed by atoms with E-state index in [4.69, 9.17) is 14.7 Å². The van der Waals surface area contributed by atoms with Crippen molar-refractivity contribution in [1.29, 1.82) is 5.26 Å². The lowest BCUT2D eigenvalue weighted by Gasteiger charge is -2.07. The molecule has 21 heavy (non-hydrogen) atoms. The van der Waals surface area contributed by atoms with Crippen molar-refractivity contribution in [3.05, 3.63) is 36.0 Å². The molecule has 0 fully saturated rings. The highest BCUT2D eigenvalue weighted by atomic mass is 16.5. The Bertz CT molecular complexity index is 515. The van der Waals surface area contributed by atoms with Gasteiger partial charge in [0, 0.05) is 11.9 Å². The van der Waals surface area contributed by atoms with Crippen LogP contribution in [0.4, 0.5) is 5.69 Å². The first-order valence-corrected chi connectivity index (χ1v) is 6.98. The van der Waals surface area contributed by atoms with Crippen molar-refractivity contribution in [3.63, 3.8) is 0 Å². The molecule has 0 unspecified atom stereocenters. The second-order valence-corrected chi connectivity index (χ2v) is 4.26. The molecule has 0 bridgehead atoms. The van der Waals surface area contributed by atoms with Gasteiger partial charge in [0.2, 0.25) is 0 Å². The first-order valence-electron chi connectivity index (χ1n) is 6.98. The van der Waals surface area contributed by atoms with Crippen LogP contribution in [0.1, 0.15) is 26.7 Å². The molecule has 0 radical (unpaired) electrons. The molecule has 0 saturated carbocycles. The average Bonchev–Trinajstić information content (AvgIpc) is 2.50. The van der Waals surface area contributed by atoms with Gasteiger partial charge in [-0.25, -0.2) is 4.79 Å². The molecular weight excluding hydrogens is 268 g/mol. The van der Waals surface area contributed by atoms with E-state index in [1.807, 2.05) is 24.3 Å². The van der Waals surface area contributed by atoms with E-state index in [1.165, 1.54) is 6.20 Å². The number of rotatable bonds is 8. The van der Waals surface area contributed by atoms with E-state index in [0.717, 1.165) is 24.3 Å². The predicted octanol–water partition coefficient (Wildman–Crippen LogP) is 3.25. The molecule has 0 aliphatic carbocycles. The fourth-order valence-corrected chi connectivity index (χ4v) is 1.48. The lowest BCUT2D eigenvalue weighted by atomic mass is 10.3. The first-order chi connectivity index (χ1) is 10.2. The smallest absolute Gasteiger partial charge is 0.350 e. The standard InChI is InChI=1S/C16H20N2O3/c1-3-5-10-21-15-8-6-14(7-9-15)18-12-13(11-17)16(19)20-4-2/h6-9,12,18H,3-5,10H2,1-2H3/b13-12-. The lowest BCUT2D eigenvalue weighted by Crippen LogP contribution is -2.07. The normalized spacial score (nSPS) is 10.6. The zero-order valence-corrected chi connectivity index (χ0v) is 12.4. The molecule has 5 heteroatoms. The molecule has 0 aliphatic rings. The average molecular weight is 288 g/mol. The molecule has 0 saturated heterocycles. The van der Waals surface area contributed by atoms with E-state index in [1.54, 1.807) is 13.0 Å². The summed E-state index contributed by atoms with van der Waals surface area (Å²) in [6.45, 7) is 4.74. The third-order valence-electron chi connectivity index (χ3n) is 2.62. The molecule has 1 aromatic carbocycles. The Hall–Kier alpha value is -2.48. The lowest BCUT2D eigenvalue weighted by molar-refractivity contribution is -0.138. The molecule has 0 atom stereocenters. The SMILES string of the molecule is CCCCOc1ccc(N/C=C(/C#N)C(=O)OCC)cc1. The van der Waals surface area contributed by atoms with Crippen LogP contribution in [0.2, 0.25) is 0 Å². The Kier molecular flexibility index (Phi) is 7.44. The molecule has 5 nitrogen and oxygen atoms in total. The number of nitriles is 1. The Labute approximate surface area is 125 Å². The van der Waals surface area contributed by atoms with E-state index in [0.29, 0.717) is 6.61 Å². The van der Waals surface area contributed by atoms with Crippen molar-refractivity contribution in [3.8, 4) is 11.8 Å². The molecule has 0 aliphatic heterocycles. The Morgan fingerprint density at radius 2 is 2.05 bits per heavy atom. The van der Waals surface area contributed by atoms with Gasteiger partial charge < -0.3 is 14.8 Å². The van der Waals surface area contributed by atoms with Gasteiger partial charge in [-0.05, 0) is 37.6 Å². The second kappa shape index (κ2) is 9.43. The van der Waals surface area contributed by atoms with Crippen molar-refractivity contribution in [1.82, 2.24) is 0 Å². The number of carbonyl (C=O) groups excluding carboxylic acids is 1. The van der Waals surface area contributed by atoms with Crippen LogP contribution in [0, 0.1) is 11.3 Å². The highest BCUT2D eigenvalue weighted by Gasteiger charge is 2.08. The number of nitrogens with zero attached hydrogens (tertiary/aromatic N) is 1. The molecule has 1 rings (SSSR count). The third-order valence-corrected chi connectivity index (χ3v) is 2.62. The minimum absolute atomic E-state index is 0.0693. The minimum Gasteiger partial charge on any atom is -0.494 e. The number of ether oxygens (including phenoxy) is 2. The highest BCUT2D eigenvalue weighted by Crippen LogP contribution is 2.16. The van der Waals surface area contributed by atoms with Crippen LogP contribution in [0.5, 0.6) is 5.75 Å². The minimum atomic E-state index is -0.632. The zero-order chi connectivity index (χ0) is 15.5. The summed E-state index contributed by atoms with van der Waals surface area (Å²) < 4.78 is 10.3. The topological polar surface area (TPSA) is 71.3 Å². The Morgan fingerprint density at radius 3 is 2.62 bits per heavy atom. The maximum Gasteiger partial charge on any atom is 0.350 e.